The van der Waals surface area contributed by atoms with Crippen LogP contribution in [0.4, 0.5) is 0 Å². The average molecular weight is 468 g/mol. The van der Waals surface area contributed by atoms with Gasteiger partial charge < -0.3 is 20.1 Å². The number of nitrogens with zero attached hydrogens (tertiary/aromatic N) is 2. The van der Waals surface area contributed by atoms with Crippen molar-refractivity contribution in [2.75, 3.05) is 26.8 Å². The molecule has 1 aromatic rings. The molecule has 2 rings (SSSR count). The molecule has 5 nitrogen and oxygen atoms in total. The van der Waals surface area contributed by atoms with Gasteiger partial charge in [0, 0.05) is 13.1 Å². The maximum Gasteiger partial charge on any atom is 0.191 e. The Hall–Kier alpha value is -0.890. The number of methoxy groups -OCH3 is 1. The first kappa shape index (κ1) is 21.2. The highest BCUT2D eigenvalue weighted by molar-refractivity contribution is 14.0. The Bertz CT molecular complexity index is 547. The fraction of sp³-hybridized carbons (Fsp3) is 0.588. The molecule has 136 valence electrons. The molecule has 2 N–H and O–H groups in total. The van der Waals surface area contributed by atoms with E-state index in [1.54, 1.807) is 7.11 Å². The molecule has 24 heavy (non-hydrogen) atoms. The number of guanidine groups is 1. The summed E-state index contributed by atoms with van der Waals surface area (Å²) in [5, 5.41) is 0.532. The van der Waals surface area contributed by atoms with Crippen LogP contribution in [-0.2, 0) is 6.54 Å². The lowest BCUT2D eigenvalue weighted by Crippen LogP contribution is -2.38. The quantitative estimate of drug-likeness (QED) is 0.403. The van der Waals surface area contributed by atoms with Crippen LogP contribution in [0.25, 0.3) is 0 Å². The second-order valence-electron chi connectivity index (χ2n) is 5.62. The van der Waals surface area contributed by atoms with Gasteiger partial charge in [0.2, 0.25) is 0 Å². The van der Waals surface area contributed by atoms with Crippen molar-refractivity contribution in [2.45, 2.75) is 39.2 Å². The molecule has 7 heteroatoms. The van der Waals surface area contributed by atoms with E-state index >= 15 is 0 Å². The van der Waals surface area contributed by atoms with Gasteiger partial charge in [0.1, 0.15) is 0 Å². The molecule has 0 radical (unpaired) electrons. The molecule has 1 aliphatic rings. The molecule has 1 aliphatic heterocycles. The van der Waals surface area contributed by atoms with E-state index in [0.717, 1.165) is 18.7 Å². The van der Waals surface area contributed by atoms with Gasteiger partial charge in [-0.3, -0.25) is 0 Å². The molecule has 1 aromatic carbocycles. The van der Waals surface area contributed by atoms with E-state index in [2.05, 4.69) is 9.89 Å². The molecule has 0 bridgehead atoms. The number of likely N-dealkylation sites (tertiary alicyclic amines) is 1. The highest BCUT2D eigenvalue weighted by Gasteiger charge is 2.13. The van der Waals surface area contributed by atoms with Crippen molar-refractivity contribution >= 4 is 41.5 Å². The second-order valence-corrected chi connectivity index (χ2v) is 6.02. The van der Waals surface area contributed by atoms with E-state index in [0.29, 0.717) is 35.6 Å². The summed E-state index contributed by atoms with van der Waals surface area (Å²) in [6, 6.07) is 3.75. The molecule has 0 amide bonds. The van der Waals surface area contributed by atoms with Gasteiger partial charge in [0.15, 0.2) is 17.5 Å². The fourth-order valence-electron chi connectivity index (χ4n) is 2.72. The van der Waals surface area contributed by atoms with Crippen LogP contribution in [0.1, 0.15) is 38.2 Å². The predicted octanol–water partition coefficient (Wildman–Crippen LogP) is 4.06. The van der Waals surface area contributed by atoms with Gasteiger partial charge in [-0.2, -0.15) is 0 Å². The smallest absolute Gasteiger partial charge is 0.191 e. The van der Waals surface area contributed by atoms with Crippen LogP contribution in [0.3, 0.4) is 0 Å². The van der Waals surface area contributed by atoms with Gasteiger partial charge in [-0.15, -0.1) is 24.0 Å². The molecule has 1 heterocycles. The Labute approximate surface area is 166 Å². The second kappa shape index (κ2) is 10.9. The first-order chi connectivity index (χ1) is 11.2. The number of aliphatic imine (C=N–C) groups is 1. The fourth-order valence-corrected chi connectivity index (χ4v) is 3.01. The Morgan fingerprint density at radius 2 is 1.92 bits per heavy atom. The first-order valence-corrected chi connectivity index (χ1v) is 8.57. The Morgan fingerprint density at radius 1 is 1.25 bits per heavy atom. The summed E-state index contributed by atoms with van der Waals surface area (Å²) in [5.74, 6) is 1.80. The van der Waals surface area contributed by atoms with Crippen molar-refractivity contribution in [3.63, 3.8) is 0 Å². The van der Waals surface area contributed by atoms with Crippen LogP contribution < -0.4 is 15.2 Å². The van der Waals surface area contributed by atoms with Gasteiger partial charge in [0.05, 0.1) is 25.3 Å². The minimum absolute atomic E-state index is 0. The lowest BCUT2D eigenvalue weighted by molar-refractivity contribution is 0.311. The summed E-state index contributed by atoms with van der Waals surface area (Å²) < 4.78 is 10.9. The molecular formula is C17H27ClIN3O2. The number of hydrogen-bond donors (Lipinski definition) is 1. The lowest BCUT2D eigenvalue weighted by atomic mass is 10.2. The van der Waals surface area contributed by atoms with Gasteiger partial charge in [-0.1, -0.05) is 24.4 Å². The number of hydrogen-bond acceptors (Lipinski definition) is 3. The van der Waals surface area contributed by atoms with Crippen LogP contribution >= 0.6 is 35.6 Å². The molecule has 0 aliphatic carbocycles. The normalized spacial score (nSPS) is 15.5. The number of nitrogens with two attached hydrogens (primary N) is 1. The van der Waals surface area contributed by atoms with Crippen LogP contribution in [-0.4, -0.2) is 37.7 Å². The van der Waals surface area contributed by atoms with E-state index in [9.17, 15) is 0 Å². The summed E-state index contributed by atoms with van der Waals surface area (Å²) >= 11 is 6.28. The molecule has 0 unspecified atom stereocenters. The van der Waals surface area contributed by atoms with E-state index in [1.165, 1.54) is 25.7 Å². The summed E-state index contributed by atoms with van der Waals surface area (Å²) in [5.41, 5.74) is 7.09. The van der Waals surface area contributed by atoms with Crippen molar-refractivity contribution in [3.8, 4) is 11.5 Å². The maximum absolute atomic E-state index is 6.28. The van der Waals surface area contributed by atoms with E-state index in [4.69, 9.17) is 26.8 Å². The van der Waals surface area contributed by atoms with Gasteiger partial charge in [-0.05, 0) is 37.5 Å². The van der Waals surface area contributed by atoms with Crippen LogP contribution in [0.5, 0.6) is 11.5 Å². The molecule has 0 atom stereocenters. The minimum atomic E-state index is 0. The molecule has 1 fully saturated rings. The first-order valence-electron chi connectivity index (χ1n) is 8.19. The topological polar surface area (TPSA) is 60.1 Å². The van der Waals surface area contributed by atoms with Crippen molar-refractivity contribution in [2.24, 2.45) is 10.7 Å². The van der Waals surface area contributed by atoms with Crippen molar-refractivity contribution in [3.05, 3.63) is 22.7 Å². The van der Waals surface area contributed by atoms with E-state index in [-0.39, 0.29) is 24.0 Å². The summed E-state index contributed by atoms with van der Waals surface area (Å²) in [4.78, 5) is 6.68. The zero-order valence-corrected chi connectivity index (χ0v) is 17.5. The minimum Gasteiger partial charge on any atom is -0.493 e. The molecular weight excluding hydrogens is 441 g/mol. The average Bonchev–Trinajstić information content (AvgIpc) is 2.84. The standard InChI is InChI=1S/C17H26ClN3O2.HI/c1-3-23-16-14(18)10-13(11-15(16)22-2)12-20-17(19)21-8-6-4-5-7-9-21;/h10-11H,3-9,12H2,1-2H3,(H2,19,20);1H. The predicted molar refractivity (Wildman–Crippen MR) is 110 cm³/mol. The molecule has 0 aromatic heterocycles. The lowest BCUT2D eigenvalue weighted by Gasteiger charge is -2.21. The van der Waals surface area contributed by atoms with Crippen molar-refractivity contribution in [1.29, 1.82) is 0 Å². The molecule has 1 saturated heterocycles. The van der Waals surface area contributed by atoms with Crippen LogP contribution in [0.15, 0.2) is 17.1 Å². The maximum atomic E-state index is 6.28. The van der Waals surface area contributed by atoms with Crippen molar-refractivity contribution in [1.82, 2.24) is 4.90 Å². The summed E-state index contributed by atoms with van der Waals surface area (Å²) in [7, 11) is 1.60. The van der Waals surface area contributed by atoms with E-state index < -0.39 is 0 Å². The third-order valence-corrected chi connectivity index (χ3v) is 4.21. The largest absolute Gasteiger partial charge is 0.493 e. The zero-order valence-electron chi connectivity index (χ0n) is 14.4. The van der Waals surface area contributed by atoms with Crippen LogP contribution in [0, 0.1) is 0 Å². The number of benzene rings is 1. The third-order valence-electron chi connectivity index (χ3n) is 3.93. The SMILES string of the molecule is CCOc1c(Cl)cc(CN=C(N)N2CCCCCC2)cc1OC.I. The molecule has 0 spiro atoms. The van der Waals surface area contributed by atoms with Crippen molar-refractivity contribution < 1.29 is 9.47 Å². The van der Waals surface area contributed by atoms with E-state index in [1.807, 2.05) is 19.1 Å². The van der Waals surface area contributed by atoms with Crippen LogP contribution in [0.2, 0.25) is 5.02 Å². The monoisotopic (exact) mass is 467 g/mol. The van der Waals surface area contributed by atoms with Gasteiger partial charge in [-0.25, -0.2) is 4.99 Å². The zero-order chi connectivity index (χ0) is 16.7. The Kier molecular flexibility index (Phi) is 9.58. The number of rotatable bonds is 5. The van der Waals surface area contributed by atoms with Gasteiger partial charge in [0.25, 0.3) is 0 Å². The highest BCUT2D eigenvalue weighted by Crippen LogP contribution is 2.36. The Balaban J connectivity index is 0.00000288. The highest BCUT2D eigenvalue weighted by atomic mass is 127. The number of halogens is 2. The summed E-state index contributed by atoms with van der Waals surface area (Å²) in [6.07, 6.45) is 4.91. The molecule has 0 saturated carbocycles. The summed E-state index contributed by atoms with van der Waals surface area (Å²) in [6.45, 7) is 4.90. The van der Waals surface area contributed by atoms with Gasteiger partial charge >= 0.3 is 0 Å². The number of ether oxygens (including phenoxy) is 2. The third kappa shape index (κ3) is 5.88. The Morgan fingerprint density at radius 3 is 2.50 bits per heavy atom.